The molecule has 1 heterocycles. The molecular formula is C16H22N2O2. The van der Waals surface area contributed by atoms with Gasteiger partial charge >= 0.3 is 0 Å². The average molecular weight is 274 g/mol. The summed E-state index contributed by atoms with van der Waals surface area (Å²) >= 11 is 0. The molecule has 108 valence electrons. The van der Waals surface area contributed by atoms with Gasteiger partial charge in [0.15, 0.2) is 0 Å². The predicted molar refractivity (Wildman–Crippen MR) is 77.4 cm³/mol. The summed E-state index contributed by atoms with van der Waals surface area (Å²) in [6.45, 7) is 2.06. The van der Waals surface area contributed by atoms with Crippen LogP contribution < -0.4 is 10.1 Å². The van der Waals surface area contributed by atoms with Gasteiger partial charge in [0.2, 0.25) is 5.91 Å². The van der Waals surface area contributed by atoms with Crippen LogP contribution in [0.4, 0.5) is 0 Å². The van der Waals surface area contributed by atoms with Gasteiger partial charge < -0.3 is 9.64 Å². The quantitative estimate of drug-likeness (QED) is 0.917. The Hall–Kier alpha value is -1.55. The Labute approximate surface area is 120 Å². The Kier molecular flexibility index (Phi) is 3.66. The van der Waals surface area contributed by atoms with E-state index in [2.05, 4.69) is 23.2 Å². The van der Waals surface area contributed by atoms with Gasteiger partial charge in [0.05, 0.1) is 13.2 Å². The average Bonchev–Trinajstić information content (AvgIpc) is 2.75. The third-order valence-corrected chi connectivity index (χ3v) is 4.48. The van der Waals surface area contributed by atoms with Crippen LogP contribution >= 0.6 is 0 Å². The molecule has 4 nitrogen and oxygen atoms in total. The van der Waals surface area contributed by atoms with Crippen molar-refractivity contribution >= 4 is 5.91 Å². The van der Waals surface area contributed by atoms with Gasteiger partial charge in [0.25, 0.3) is 0 Å². The van der Waals surface area contributed by atoms with E-state index >= 15 is 0 Å². The Morgan fingerprint density at radius 3 is 2.80 bits per heavy atom. The summed E-state index contributed by atoms with van der Waals surface area (Å²) in [5.74, 6) is 1.09. The molecule has 1 N–H and O–H groups in total. The maximum Gasteiger partial charge on any atom is 0.241 e. The Bertz CT molecular complexity index is 499. The molecule has 1 amide bonds. The van der Waals surface area contributed by atoms with Crippen molar-refractivity contribution in [1.29, 1.82) is 0 Å². The molecule has 1 aromatic rings. The minimum absolute atomic E-state index is 0.00662. The van der Waals surface area contributed by atoms with Gasteiger partial charge in [-0.3, -0.25) is 10.1 Å². The number of amides is 1. The maximum absolute atomic E-state index is 12.5. The molecule has 2 fully saturated rings. The maximum atomic E-state index is 12.5. The fraction of sp³-hybridized carbons (Fsp3) is 0.562. The van der Waals surface area contributed by atoms with Gasteiger partial charge in [-0.15, -0.1) is 0 Å². The Morgan fingerprint density at radius 2 is 2.20 bits per heavy atom. The highest BCUT2D eigenvalue weighted by molar-refractivity contribution is 5.85. The van der Waals surface area contributed by atoms with Crippen LogP contribution in [-0.4, -0.2) is 30.0 Å². The number of benzene rings is 1. The second-order valence-electron chi connectivity index (χ2n) is 5.64. The highest BCUT2D eigenvalue weighted by Crippen LogP contribution is 2.36. The highest BCUT2D eigenvalue weighted by atomic mass is 16.5. The number of hydrogen-bond acceptors (Lipinski definition) is 3. The molecule has 0 bridgehead atoms. The lowest BCUT2D eigenvalue weighted by Gasteiger charge is -2.38. The topological polar surface area (TPSA) is 41.6 Å². The molecule has 0 radical (unpaired) electrons. The molecule has 4 heteroatoms. The first-order chi connectivity index (χ1) is 9.74. The molecule has 1 aromatic carbocycles. The Morgan fingerprint density at radius 1 is 1.40 bits per heavy atom. The van der Waals surface area contributed by atoms with Crippen molar-refractivity contribution in [2.45, 2.75) is 50.9 Å². The smallest absolute Gasteiger partial charge is 0.241 e. The molecule has 2 atom stereocenters. The van der Waals surface area contributed by atoms with E-state index in [1.165, 1.54) is 6.42 Å². The van der Waals surface area contributed by atoms with Gasteiger partial charge in [-0.2, -0.15) is 0 Å². The fourth-order valence-corrected chi connectivity index (χ4v) is 3.07. The molecule has 20 heavy (non-hydrogen) atoms. The number of carbonyl (C=O) groups excluding carboxylic acids is 1. The molecule has 2 unspecified atom stereocenters. The monoisotopic (exact) mass is 274 g/mol. The van der Waals surface area contributed by atoms with Gasteiger partial charge in [0.1, 0.15) is 11.9 Å². The largest absolute Gasteiger partial charge is 0.497 e. The van der Waals surface area contributed by atoms with Crippen molar-refractivity contribution in [2.75, 3.05) is 7.11 Å². The van der Waals surface area contributed by atoms with E-state index in [1.807, 2.05) is 18.2 Å². The molecular weight excluding hydrogens is 252 g/mol. The summed E-state index contributed by atoms with van der Waals surface area (Å²) in [6, 6.07) is 8.37. The first-order valence-electron chi connectivity index (χ1n) is 7.46. The van der Waals surface area contributed by atoms with E-state index in [4.69, 9.17) is 4.74 Å². The van der Waals surface area contributed by atoms with Crippen molar-refractivity contribution < 1.29 is 9.53 Å². The minimum atomic E-state index is -0.0493. The molecule has 1 aliphatic carbocycles. The number of methoxy groups -OCH3 is 1. The van der Waals surface area contributed by atoms with E-state index in [9.17, 15) is 4.79 Å². The number of ether oxygens (including phenoxy) is 1. The van der Waals surface area contributed by atoms with Gasteiger partial charge in [-0.1, -0.05) is 19.1 Å². The zero-order valence-electron chi connectivity index (χ0n) is 12.1. The summed E-state index contributed by atoms with van der Waals surface area (Å²) in [5.41, 5.74) is 1.11. The van der Waals surface area contributed by atoms with Crippen LogP contribution in [0.25, 0.3) is 0 Å². The zero-order chi connectivity index (χ0) is 14.1. The molecule has 0 aromatic heterocycles. The zero-order valence-corrected chi connectivity index (χ0v) is 12.1. The van der Waals surface area contributed by atoms with Crippen LogP contribution in [0.1, 0.15) is 44.3 Å². The molecule has 3 rings (SSSR count). The lowest BCUT2D eigenvalue weighted by Crippen LogP contribution is -2.44. The van der Waals surface area contributed by atoms with Crippen LogP contribution in [0.15, 0.2) is 24.3 Å². The van der Waals surface area contributed by atoms with Crippen LogP contribution in [0.5, 0.6) is 5.75 Å². The third-order valence-electron chi connectivity index (χ3n) is 4.48. The SMILES string of the molecule is CCC1NC(c2cccc(OC)c2)N(C2CCC2)C1=O. The lowest BCUT2D eigenvalue weighted by atomic mass is 9.90. The molecule has 1 saturated heterocycles. The Balaban J connectivity index is 1.90. The summed E-state index contributed by atoms with van der Waals surface area (Å²) in [4.78, 5) is 14.6. The summed E-state index contributed by atoms with van der Waals surface area (Å²) in [7, 11) is 1.67. The van der Waals surface area contributed by atoms with E-state index in [0.29, 0.717) is 6.04 Å². The number of hydrogen-bond donors (Lipinski definition) is 1. The second-order valence-corrected chi connectivity index (χ2v) is 5.64. The molecule has 1 saturated carbocycles. The van der Waals surface area contributed by atoms with Crippen LogP contribution in [0.2, 0.25) is 0 Å². The first-order valence-corrected chi connectivity index (χ1v) is 7.46. The normalized spacial score (nSPS) is 26.7. The third kappa shape index (κ3) is 2.18. The molecule has 1 aliphatic heterocycles. The second kappa shape index (κ2) is 5.44. The minimum Gasteiger partial charge on any atom is -0.497 e. The van der Waals surface area contributed by atoms with E-state index in [1.54, 1.807) is 7.11 Å². The summed E-state index contributed by atoms with van der Waals surface area (Å²) in [5, 5.41) is 3.48. The number of nitrogens with zero attached hydrogens (tertiary/aromatic N) is 1. The van der Waals surface area contributed by atoms with Gasteiger partial charge in [-0.25, -0.2) is 0 Å². The van der Waals surface area contributed by atoms with Crippen molar-refractivity contribution in [1.82, 2.24) is 10.2 Å². The fourth-order valence-electron chi connectivity index (χ4n) is 3.07. The number of carbonyl (C=O) groups is 1. The van der Waals surface area contributed by atoms with Crippen molar-refractivity contribution in [3.05, 3.63) is 29.8 Å². The van der Waals surface area contributed by atoms with Gasteiger partial charge in [0, 0.05) is 6.04 Å². The lowest BCUT2D eigenvalue weighted by molar-refractivity contribution is -0.134. The highest BCUT2D eigenvalue weighted by Gasteiger charge is 2.43. The predicted octanol–water partition coefficient (Wildman–Crippen LogP) is 2.46. The number of nitrogens with one attached hydrogen (secondary N) is 1. The summed E-state index contributed by atoms with van der Waals surface area (Å²) < 4.78 is 5.30. The molecule has 2 aliphatic rings. The van der Waals surface area contributed by atoms with Crippen molar-refractivity contribution in [2.24, 2.45) is 0 Å². The molecule has 0 spiro atoms. The van der Waals surface area contributed by atoms with Crippen LogP contribution in [-0.2, 0) is 4.79 Å². The van der Waals surface area contributed by atoms with Crippen LogP contribution in [0.3, 0.4) is 0 Å². The van der Waals surface area contributed by atoms with E-state index < -0.39 is 0 Å². The van der Waals surface area contributed by atoms with E-state index in [0.717, 1.165) is 30.6 Å². The number of rotatable bonds is 4. The van der Waals surface area contributed by atoms with Crippen molar-refractivity contribution in [3.63, 3.8) is 0 Å². The van der Waals surface area contributed by atoms with E-state index in [-0.39, 0.29) is 18.1 Å². The van der Waals surface area contributed by atoms with Crippen LogP contribution in [0, 0.1) is 0 Å². The standard InChI is InChI=1S/C16H22N2O2/c1-3-14-16(19)18(12-7-5-8-12)15(17-14)11-6-4-9-13(10-11)20-2/h4,6,9-10,12,14-15,17H,3,5,7-8H2,1-2H3. The summed E-state index contributed by atoms with van der Waals surface area (Å²) in [6.07, 6.45) is 4.32. The van der Waals surface area contributed by atoms with Crippen molar-refractivity contribution in [3.8, 4) is 5.75 Å². The first kappa shape index (κ1) is 13.4. The van der Waals surface area contributed by atoms with Gasteiger partial charge in [-0.05, 0) is 43.4 Å².